The van der Waals surface area contributed by atoms with Gasteiger partial charge in [-0.2, -0.15) is 0 Å². The van der Waals surface area contributed by atoms with Gasteiger partial charge in [-0.25, -0.2) is 4.79 Å². The number of methoxy groups -OCH3 is 1. The Hall–Kier alpha value is -2.02. The van der Waals surface area contributed by atoms with Crippen LogP contribution in [0.15, 0.2) is 6.20 Å². The molecule has 0 amide bonds. The average Bonchev–Trinajstić information content (AvgIpc) is 2.86. The Kier molecular flexibility index (Phi) is 9.53. The lowest BCUT2D eigenvalue weighted by atomic mass is 9.97. The van der Waals surface area contributed by atoms with Gasteiger partial charge in [0.05, 0.1) is 25.5 Å². The molecule has 2 aliphatic heterocycles. The zero-order chi connectivity index (χ0) is 26.7. The first kappa shape index (κ1) is 28.5. The number of aromatic nitrogens is 1. The summed E-state index contributed by atoms with van der Waals surface area (Å²) in [6, 6.07) is 0. The molecule has 1 aromatic rings. The number of aliphatic hydroxyl groups excluding tert-OH is 7. The minimum Gasteiger partial charge on any atom is -0.506 e. The molecule has 2 saturated heterocycles. The molecule has 2 aliphatic rings. The first-order valence-electron chi connectivity index (χ1n) is 11.0. The van der Waals surface area contributed by atoms with Crippen LogP contribution in [0.25, 0.3) is 0 Å². The molecule has 8 N–H and O–H groups in total. The van der Waals surface area contributed by atoms with E-state index >= 15 is 0 Å². The number of rotatable bonds is 8. The van der Waals surface area contributed by atoms with Crippen molar-refractivity contribution in [3.05, 3.63) is 23.0 Å². The number of nitrogens with zero attached hydrogens (tertiary/aromatic N) is 1. The number of hydrogen-bond acceptors (Lipinski definition) is 15. The number of pyridine rings is 1. The van der Waals surface area contributed by atoms with E-state index in [1.807, 2.05) is 0 Å². The van der Waals surface area contributed by atoms with Crippen LogP contribution in [0.1, 0.15) is 16.8 Å². The van der Waals surface area contributed by atoms with Crippen LogP contribution in [0.2, 0.25) is 0 Å². The van der Waals surface area contributed by atoms with E-state index in [1.54, 1.807) is 6.92 Å². The molecule has 0 bridgehead atoms. The van der Waals surface area contributed by atoms with E-state index in [2.05, 4.69) is 4.98 Å². The smallest absolute Gasteiger partial charge is 0.338 e. The van der Waals surface area contributed by atoms with Gasteiger partial charge in [0.15, 0.2) is 24.8 Å². The molecular weight excluding hydrogens is 490 g/mol. The van der Waals surface area contributed by atoms with Crippen LogP contribution >= 0.6 is 0 Å². The van der Waals surface area contributed by atoms with Gasteiger partial charge in [-0.1, -0.05) is 0 Å². The van der Waals surface area contributed by atoms with Crippen molar-refractivity contribution in [1.82, 2.24) is 4.98 Å². The fourth-order valence-electron chi connectivity index (χ4n) is 3.86. The van der Waals surface area contributed by atoms with Gasteiger partial charge < -0.3 is 64.5 Å². The molecule has 0 aliphatic carbocycles. The van der Waals surface area contributed by atoms with Crippen molar-refractivity contribution in [3.63, 3.8) is 0 Å². The van der Waals surface area contributed by atoms with E-state index < -0.39 is 74.0 Å². The van der Waals surface area contributed by atoms with Gasteiger partial charge in [0.25, 0.3) is 0 Å². The van der Waals surface area contributed by atoms with Crippen LogP contribution in [-0.2, 0) is 41.7 Å². The second kappa shape index (κ2) is 12.0. The molecule has 204 valence electrons. The van der Waals surface area contributed by atoms with E-state index in [0.717, 1.165) is 0 Å². The van der Waals surface area contributed by atoms with Crippen molar-refractivity contribution < 1.29 is 69.3 Å². The lowest BCUT2D eigenvalue weighted by Crippen LogP contribution is -2.63. The highest BCUT2D eigenvalue weighted by molar-refractivity contribution is 5.76. The van der Waals surface area contributed by atoms with Crippen LogP contribution in [0, 0.1) is 6.92 Å². The van der Waals surface area contributed by atoms with E-state index in [-0.39, 0.29) is 19.0 Å². The molecular formula is C21H31NO14. The molecule has 10 atom stereocenters. The molecule has 1 aromatic heterocycles. The number of ether oxygens (including phenoxy) is 5. The van der Waals surface area contributed by atoms with Gasteiger partial charge in [0.2, 0.25) is 0 Å². The highest BCUT2D eigenvalue weighted by Gasteiger charge is 2.51. The summed E-state index contributed by atoms with van der Waals surface area (Å²) in [4.78, 5) is 16.7. The maximum absolute atomic E-state index is 12.7. The predicted octanol–water partition coefficient (Wildman–Crippen LogP) is -4.09. The SMILES string of the molecule is COCc1c(COC2OC(CO)C(O)C(O)C2OC(=O)C2OC(O)C(O)C(O)C2O)cnc(C)c1O. The summed E-state index contributed by atoms with van der Waals surface area (Å²) >= 11 is 0. The summed E-state index contributed by atoms with van der Waals surface area (Å²) in [5, 5.41) is 79.8. The fourth-order valence-corrected chi connectivity index (χ4v) is 3.86. The Morgan fingerprint density at radius 3 is 2.33 bits per heavy atom. The Labute approximate surface area is 205 Å². The summed E-state index contributed by atoms with van der Waals surface area (Å²) < 4.78 is 26.2. The van der Waals surface area contributed by atoms with Crippen molar-refractivity contribution in [2.24, 2.45) is 0 Å². The van der Waals surface area contributed by atoms with E-state index in [9.17, 15) is 45.6 Å². The first-order chi connectivity index (χ1) is 17.0. The molecule has 15 heteroatoms. The number of aliphatic hydroxyl groups is 7. The van der Waals surface area contributed by atoms with Gasteiger partial charge in [-0.15, -0.1) is 0 Å². The van der Waals surface area contributed by atoms with Crippen molar-refractivity contribution in [2.45, 2.75) is 81.5 Å². The summed E-state index contributed by atoms with van der Waals surface area (Å²) in [6.45, 7) is 0.565. The second-order valence-corrected chi connectivity index (χ2v) is 8.47. The molecule has 36 heavy (non-hydrogen) atoms. The zero-order valence-corrected chi connectivity index (χ0v) is 19.4. The lowest BCUT2D eigenvalue weighted by molar-refractivity contribution is -0.316. The molecule has 3 rings (SSSR count). The molecule has 0 radical (unpaired) electrons. The van der Waals surface area contributed by atoms with Crippen LogP contribution in [0.3, 0.4) is 0 Å². The van der Waals surface area contributed by atoms with Gasteiger partial charge >= 0.3 is 5.97 Å². The maximum Gasteiger partial charge on any atom is 0.338 e. The van der Waals surface area contributed by atoms with Crippen molar-refractivity contribution >= 4 is 5.97 Å². The minimum absolute atomic E-state index is 0.00579. The molecule has 0 spiro atoms. The van der Waals surface area contributed by atoms with Crippen molar-refractivity contribution in [1.29, 1.82) is 0 Å². The maximum atomic E-state index is 12.7. The second-order valence-electron chi connectivity index (χ2n) is 8.47. The van der Waals surface area contributed by atoms with Gasteiger partial charge in [-0.3, -0.25) is 4.98 Å². The molecule has 0 aromatic carbocycles. The van der Waals surface area contributed by atoms with Crippen LogP contribution in [-0.4, -0.2) is 127 Å². The average molecular weight is 521 g/mol. The third-order valence-corrected chi connectivity index (χ3v) is 6.02. The quantitative estimate of drug-likeness (QED) is 0.152. The first-order valence-corrected chi connectivity index (χ1v) is 11.0. The van der Waals surface area contributed by atoms with Crippen LogP contribution in [0.4, 0.5) is 0 Å². The Balaban J connectivity index is 1.80. The highest BCUT2D eigenvalue weighted by atomic mass is 16.7. The number of carbonyl (C=O) groups is 1. The summed E-state index contributed by atoms with van der Waals surface area (Å²) in [5.41, 5.74) is 1.06. The Morgan fingerprint density at radius 2 is 1.69 bits per heavy atom. The standard InChI is InChI=1S/C21H31NO14/c1-7-11(24)9(6-32-2)8(3-22-7)5-33-21-18(14(27)12(25)10(4-23)34-21)36-20(31)17-15(28)13(26)16(29)19(30)35-17/h3,10,12-19,21,23-30H,4-6H2,1-2H3. The van der Waals surface area contributed by atoms with Gasteiger partial charge in [-0.05, 0) is 6.92 Å². The summed E-state index contributed by atoms with van der Waals surface area (Å²) in [5.74, 6) is -1.50. The number of aryl methyl sites for hydroxylation is 1. The Morgan fingerprint density at radius 1 is 1.00 bits per heavy atom. The number of aromatic hydroxyl groups is 1. The third-order valence-electron chi connectivity index (χ3n) is 6.02. The van der Waals surface area contributed by atoms with Crippen molar-refractivity contribution in [3.8, 4) is 5.75 Å². The molecule has 15 nitrogen and oxygen atoms in total. The van der Waals surface area contributed by atoms with Gasteiger partial charge in [0, 0.05) is 24.4 Å². The largest absolute Gasteiger partial charge is 0.506 e. The van der Waals surface area contributed by atoms with Crippen LogP contribution in [0.5, 0.6) is 5.75 Å². The molecule has 0 saturated carbocycles. The topological polar surface area (TPSA) is 238 Å². The minimum atomic E-state index is -2.02. The van der Waals surface area contributed by atoms with E-state index in [4.69, 9.17) is 23.7 Å². The van der Waals surface area contributed by atoms with E-state index in [1.165, 1.54) is 13.3 Å². The molecule has 2 fully saturated rings. The number of hydrogen-bond donors (Lipinski definition) is 8. The summed E-state index contributed by atoms with van der Waals surface area (Å²) in [7, 11) is 1.41. The predicted molar refractivity (Wildman–Crippen MR) is 113 cm³/mol. The monoisotopic (exact) mass is 521 g/mol. The van der Waals surface area contributed by atoms with Crippen LogP contribution < -0.4 is 0 Å². The van der Waals surface area contributed by atoms with E-state index in [0.29, 0.717) is 16.8 Å². The van der Waals surface area contributed by atoms with Gasteiger partial charge in [0.1, 0.15) is 42.4 Å². The van der Waals surface area contributed by atoms with Crippen molar-refractivity contribution in [2.75, 3.05) is 13.7 Å². The normalized spacial score (nSPS) is 37.0. The Bertz CT molecular complexity index is 902. The fraction of sp³-hybridized carbons (Fsp3) is 0.714. The zero-order valence-electron chi connectivity index (χ0n) is 19.4. The molecule has 3 heterocycles. The summed E-state index contributed by atoms with van der Waals surface area (Å²) in [6.07, 6.45) is -16.6. The molecule has 10 unspecified atom stereocenters. The number of esters is 1. The number of carbonyl (C=O) groups excluding carboxylic acids is 1. The highest BCUT2D eigenvalue weighted by Crippen LogP contribution is 2.30. The lowest BCUT2D eigenvalue weighted by Gasteiger charge is -2.42. The third kappa shape index (κ3) is 5.76.